The lowest BCUT2D eigenvalue weighted by Crippen LogP contribution is -2.43. The van der Waals surface area contributed by atoms with Gasteiger partial charge in [0.2, 0.25) is 11.8 Å². The Bertz CT molecular complexity index is 808. The van der Waals surface area contributed by atoms with Crippen LogP contribution in [-0.4, -0.2) is 36.3 Å². The largest absolute Gasteiger partial charge is 0.325 e. The highest BCUT2D eigenvalue weighted by Crippen LogP contribution is 2.26. The smallest absolute Gasteiger partial charge is 0.241 e. The van der Waals surface area contributed by atoms with Crippen LogP contribution in [0.1, 0.15) is 38.7 Å². The summed E-state index contributed by atoms with van der Waals surface area (Å²) in [7, 11) is 1.72. The summed E-state index contributed by atoms with van der Waals surface area (Å²) in [5, 5.41) is 5.68. The van der Waals surface area contributed by atoms with Gasteiger partial charge in [-0.05, 0) is 62.2 Å². The van der Waals surface area contributed by atoms with E-state index in [1.54, 1.807) is 18.9 Å². The van der Waals surface area contributed by atoms with Gasteiger partial charge in [0, 0.05) is 11.4 Å². The zero-order chi connectivity index (χ0) is 20.7. The van der Waals surface area contributed by atoms with Gasteiger partial charge in [0.05, 0.1) is 12.6 Å². The third-order valence-electron chi connectivity index (χ3n) is 4.92. The first-order chi connectivity index (χ1) is 13.3. The Labute approximate surface area is 165 Å². The highest BCUT2D eigenvalue weighted by atomic mass is 19.1. The minimum absolute atomic E-state index is 0.0406. The molecule has 0 unspecified atom stereocenters. The third kappa shape index (κ3) is 5.89. The molecule has 6 heteroatoms. The highest BCUT2D eigenvalue weighted by molar-refractivity contribution is 5.96. The monoisotopic (exact) mass is 385 g/mol. The maximum absolute atomic E-state index is 12.9. The molecule has 2 aromatic carbocycles. The number of carbonyl (C=O) groups excluding carboxylic acids is 2. The molecule has 2 atom stereocenters. The molecule has 0 aliphatic heterocycles. The van der Waals surface area contributed by atoms with Crippen molar-refractivity contribution in [2.75, 3.05) is 24.2 Å². The van der Waals surface area contributed by atoms with Crippen molar-refractivity contribution in [1.29, 1.82) is 0 Å². The van der Waals surface area contributed by atoms with Crippen LogP contribution in [0.3, 0.4) is 0 Å². The van der Waals surface area contributed by atoms with Crippen molar-refractivity contribution in [3.63, 3.8) is 0 Å². The quantitative estimate of drug-likeness (QED) is 0.715. The zero-order valence-electron chi connectivity index (χ0n) is 16.8. The first-order valence-corrected chi connectivity index (χ1v) is 9.47. The van der Waals surface area contributed by atoms with Crippen molar-refractivity contribution in [3.8, 4) is 0 Å². The molecular formula is C22H28FN3O2. The van der Waals surface area contributed by atoms with Crippen LogP contribution >= 0.6 is 0 Å². The summed E-state index contributed by atoms with van der Waals surface area (Å²) in [5.41, 5.74) is 2.42. The van der Waals surface area contributed by atoms with Crippen LogP contribution in [0.25, 0.3) is 0 Å². The van der Waals surface area contributed by atoms with E-state index in [1.807, 2.05) is 24.3 Å². The molecule has 2 aromatic rings. The van der Waals surface area contributed by atoms with E-state index in [9.17, 15) is 14.0 Å². The van der Waals surface area contributed by atoms with Gasteiger partial charge in [0.25, 0.3) is 0 Å². The molecule has 5 nitrogen and oxygen atoms in total. The van der Waals surface area contributed by atoms with E-state index in [1.165, 1.54) is 24.3 Å². The van der Waals surface area contributed by atoms with Gasteiger partial charge in [-0.2, -0.15) is 0 Å². The SMILES string of the molecule is CC[C@H](C)c1ccccc1NC(=O)[C@H](C)N(C)CC(=O)Nc1ccc(F)cc1. The van der Waals surface area contributed by atoms with Crippen molar-refractivity contribution in [1.82, 2.24) is 4.90 Å². The number of hydrogen-bond acceptors (Lipinski definition) is 3. The van der Waals surface area contributed by atoms with E-state index < -0.39 is 6.04 Å². The molecule has 0 fully saturated rings. The number of nitrogens with zero attached hydrogens (tertiary/aromatic N) is 1. The van der Waals surface area contributed by atoms with Crippen molar-refractivity contribution in [2.45, 2.75) is 39.2 Å². The molecule has 2 rings (SSSR count). The Morgan fingerprint density at radius 3 is 2.32 bits per heavy atom. The average molecular weight is 385 g/mol. The second-order valence-electron chi connectivity index (χ2n) is 7.03. The van der Waals surface area contributed by atoms with Crippen LogP contribution in [-0.2, 0) is 9.59 Å². The Kier molecular flexibility index (Phi) is 7.70. The number of halogens is 1. The van der Waals surface area contributed by atoms with E-state index in [2.05, 4.69) is 24.5 Å². The third-order valence-corrected chi connectivity index (χ3v) is 4.92. The second-order valence-corrected chi connectivity index (χ2v) is 7.03. The Morgan fingerprint density at radius 2 is 1.68 bits per heavy atom. The maximum atomic E-state index is 12.9. The number of amides is 2. The molecule has 0 bridgehead atoms. The summed E-state index contributed by atoms with van der Waals surface area (Å²) in [4.78, 5) is 26.5. The topological polar surface area (TPSA) is 61.4 Å². The molecule has 0 heterocycles. The van der Waals surface area contributed by atoms with E-state index in [-0.39, 0.29) is 24.2 Å². The van der Waals surface area contributed by atoms with Crippen LogP contribution < -0.4 is 10.6 Å². The molecule has 0 aliphatic carbocycles. The first-order valence-electron chi connectivity index (χ1n) is 9.47. The number of rotatable bonds is 8. The average Bonchev–Trinajstić information content (AvgIpc) is 2.68. The zero-order valence-corrected chi connectivity index (χ0v) is 16.8. The minimum Gasteiger partial charge on any atom is -0.325 e. The number of para-hydroxylation sites is 1. The molecule has 0 radical (unpaired) electrons. The van der Waals surface area contributed by atoms with E-state index in [0.717, 1.165) is 17.7 Å². The molecule has 0 saturated heterocycles. The van der Waals surface area contributed by atoms with E-state index in [0.29, 0.717) is 11.6 Å². The van der Waals surface area contributed by atoms with Gasteiger partial charge in [-0.1, -0.05) is 32.0 Å². The predicted octanol–water partition coefficient (Wildman–Crippen LogP) is 4.24. The van der Waals surface area contributed by atoms with Gasteiger partial charge in [-0.3, -0.25) is 14.5 Å². The molecule has 2 N–H and O–H groups in total. The number of likely N-dealkylation sites (N-methyl/N-ethyl adjacent to an activating group) is 1. The van der Waals surface area contributed by atoms with E-state index in [4.69, 9.17) is 0 Å². The lowest BCUT2D eigenvalue weighted by molar-refractivity contribution is -0.122. The molecule has 0 aliphatic rings. The van der Waals surface area contributed by atoms with Crippen LogP contribution in [0.2, 0.25) is 0 Å². The molecular weight excluding hydrogens is 357 g/mol. The number of nitrogens with one attached hydrogen (secondary N) is 2. The van der Waals surface area contributed by atoms with Crippen molar-refractivity contribution in [3.05, 3.63) is 59.9 Å². The Hall–Kier alpha value is -2.73. The van der Waals surface area contributed by atoms with Gasteiger partial charge in [-0.15, -0.1) is 0 Å². The fraction of sp³-hybridized carbons (Fsp3) is 0.364. The van der Waals surface area contributed by atoms with Crippen LogP contribution in [0.5, 0.6) is 0 Å². The molecule has 0 spiro atoms. The second kappa shape index (κ2) is 9.99. The number of anilines is 2. The van der Waals surface area contributed by atoms with Crippen molar-refractivity contribution >= 4 is 23.2 Å². The fourth-order valence-electron chi connectivity index (χ4n) is 2.80. The summed E-state index contributed by atoms with van der Waals surface area (Å²) in [6.45, 7) is 6.03. The van der Waals surface area contributed by atoms with Crippen molar-refractivity contribution < 1.29 is 14.0 Å². The summed E-state index contributed by atoms with van der Waals surface area (Å²) in [6.07, 6.45) is 0.978. The lowest BCUT2D eigenvalue weighted by Gasteiger charge is -2.24. The summed E-state index contributed by atoms with van der Waals surface area (Å²) in [5.74, 6) is -0.467. The predicted molar refractivity (Wildman–Crippen MR) is 111 cm³/mol. The minimum atomic E-state index is -0.496. The number of benzene rings is 2. The first kappa shape index (κ1) is 21.6. The summed E-state index contributed by atoms with van der Waals surface area (Å²) < 4.78 is 12.9. The summed E-state index contributed by atoms with van der Waals surface area (Å²) in [6, 6.07) is 12.8. The number of carbonyl (C=O) groups is 2. The fourth-order valence-corrected chi connectivity index (χ4v) is 2.80. The molecule has 2 amide bonds. The van der Waals surface area contributed by atoms with E-state index >= 15 is 0 Å². The Morgan fingerprint density at radius 1 is 1.04 bits per heavy atom. The number of hydrogen-bond donors (Lipinski definition) is 2. The van der Waals surface area contributed by atoms with Gasteiger partial charge >= 0.3 is 0 Å². The van der Waals surface area contributed by atoms with Crippen molar-refractivity contribution in [2.24, 2.45) is 0 Å². The van der Waals surface area contributed by atoms with Crippen LogP contribution in [0, 0.1) is 5.82 Å². The van der Waals surface area contributed by atoms with Crippen LogP contribution in [0.15, 0.2) is 48.5 Å². The molecule has 0 aromatic heterocycles. The van der Waals surface area contributed by atoms with Gasteiger partial charge in [0.15, 0.2) is 0 Å². The van der Waals surface area contributed by atoms with Gasteiger partial charge in [0.1, 0.15) is 5.82 Å². The van der Waals surface area contributed by atoms with Gasteiger partial charge < -0.3 is 10.6 Å². The molecule has 28 heavy (non-hydrogen) atoms. The highest BCUT2D eigenvalue weighted by Gasteiger charge is 2.21. The maximum Gasteiger partial charge on any atom is 0.241 e. The lowest BCUT2D eigenvalue weighted by atomic mass is 9.97. The van der Waals surface area contributed by atoms with Gasteiger partial charge in [-0.25, -0.2) is 4.39 Å². The standard InChI is InChI=1S/C22H28FN3O2/c1-5-15(2)19-8-6-7-9-20(19)25-22(28)16(3)26(4)14-21(27)24-18-12-10-17(23)11-13-18/h6-13,15-16H,5,14H2,1-4H3,(H,24,27)(H,25,28)/t15-,16-/m0/s1. The molecule has 150 valence electrons. The summed E-state index contributed by atoms with van der Waals surface area (Å²) >= 11 is 0. The van der Waals surface area contributed by atoms with Crippen LogP contribution in [0.4, 0.5) is 15.8 Å². The normalized spacial score (nSPS) is 13.1. The Balaban J connectivity index is 1.95. The molecule has 0 saturated carbocycles.